The quantitative estimate of drug-likeness (QED) is 0.814. The molecule has 0 radical (unpaired) electrons. The molecule has 0 saturated heterocycles. The predicted molar refractivity (Wildman–Crippen MR) is 55.8 cm³/mol. The van der Waals surface area contributed by atoms with Gasteiger partial charge < -0.3 is 5.11 Å². The van der Waals surface area contributed by atoms with E-state index in [0.29, 0.717) is 10.6 Å². The second kappa shape index (κ2) is 4.00. The summed E-state index contributed by atoms with van der Waals surface area (Å²) in [6.45, 7) is 3.40. The van der Waals surface area contributed by atoms with Gasteiger partial charge in [-0.1, -0.05) is 23.7 Å². The average Bonchev–Trinajstić information content (AvgIpc) is 2.18. The van der Waals surface area contributed by atoms with Crippen LogP contribution in [0.3, 0.4) is 0 Å². The van der Waals surface area contributed by atoms with Gasteiger partial charge in [0.1, 0.15) is 0 Å². The van der Waals surface area contributed by atoms with E-state index >= 15 is 0 Å². The molecule has 0 aliphatic heterocycles. The Labute approximate surface area is 88.7 Å². The van der Waals surface area contributed by atoms with Crippen LogP contribution in [0, 0.1) is 16.7 Å². The van der Waals surface area contributed by atoms with Crippen molar-refractivity contribution in [3.63, 3.8) is 0 Å². The Morgan fingerprint density at radius 3 is 2.29 bits per heavy atom. The highest BCUT2D eigenvalue weighted by molar-refractivity contribution is 6.30. The molecule has 0 fully saturated rings. The Morgan fingerprint density at radius 2 is 1.86 bits per heavy atom. The molecule has 1 aromatic rings. The zero-order chi connectivity index (χ0) is 10.8. The molecular weight excluding hydrogens is 198 g/mol. The predicted octanol–water partition coefficient (Wildman–Crippen LogP) is 2.92. The van der Waals surface area contributed by atoms with Crippen molar-refractivity contribution < 1.29 is 5.11 Å². The molecule has 0 spiro atoms. The number of hydrogen-bond donors (Lipinski definition) is 1. The van der Waals surface area contributed by atoms with E-state index in [1.165, 1.54) is 0 Å². The van der Waals surface area contributed by atoms with Crippen LogP contribution in [0.5, 0.6) is 0 Å². The van der Waals surface area contributed by atoms with E-state index in [2.05, 4.69) is 6.07 Å². The van der Waals surface area contributed by atoms with Crippen molar-refractivity contribution in [1.29, 1.82) is 5.26 Å². The Bertz CT molecular complexity index is 351. The molecule has 2 nitrogen and oxygen atoms in total. The number of rotatable bonds is 2. The van der Waals surface area contributed by atoms with Gasteiger partial charge in [0.15, 0.2) is 0 Å². The van der Waals surface area contributed by atoms with Crippen LogP contribution in [0.1, 0.15) is 25.5 Å². The summed E-state index contributed by atoms with van der Waals surface area (Å²) in [6, 6.07) is 8.93. The van der Waals surface area contributed by atoms with E-state index in [9.17, 15) is 5.11 Å². The molecule has 0 saturated carbocycles. The number of aliphatic hydroxyl groups excluding tert-OH is 1. The van der Waals surface area contributed by atoms with E-state index in [-0.39, 0.29) is 0 Å². The molecule has 0 amide bonds. The van der Waals surface area contributed by atoms with Crippen LogP contribution in [0.25, 0.3) is 0 Å². The maximum Gasteiger partial charge on any atom is 0.0970 e. The molecule has 1 aromatic carbocycles. The Hall–Kier alpha value is -1.04. The summed E-state index contributed by atoms with van der Waals surface area (Å²) < 4.78 is 0. The molecule has 74 valence electrons. The summed E-state index contributed by atoms with van der Waals surface area (Å²) in [5, 5.41) is 19.3. The van der Waals surface area contributed by atoms with Gasteiger partial charge in [-0.15, -0.1) is 0 Å². The van der Waals surface area contributed by atoms with Crippen molar-refractivity contribution in [2.24, 2.45) is 5.41 Å². The van der Waals surface area contributed by atoms with Crippen LogP contribution in [-0.4, -0.2) is 5.11 Å². The molecule has 0 aliphatic carbocycles. The maximum atomic E-state index is 9.87. The summed E-state index contributed by atoms with van der Waals surface area (Å²) in [5.74, 6) is 0. The third-order valence-corrected chi connectivity index (χ3v) is 2.41. The molecule has 0 aliphatic rings. The monoisotopic (exact) mass is 209 g/mol. The van der Waals surface area contributed by atoms with Gasteiger partial charge in [-0.2, -0.15) is 5.26 Å². The molecule has 0 heterocycles. The van der Waals surface area contributed by atoms with Crippen LogP contribution in [0.2, 0.25) is 5.02 Å². The number of nitriles is 1. The van der Waals surface area contributed by atoms with Gasteiger partial charge in [-0.25, -0.2) is 0 Å². The summed E-state index contributed by atoms with van der Waals surface area (Å²) in [6.07, 6.45) is -0.787. The maximum absolute atomic E-state index is 9.87. The Balaban J connectivity index is 2.96. The van der Waals surface area contributed by atoms with Crippen LogP contribution >= 0.6 is 11.6 Å². The summed E-state index contributed by atoms with van der Waals surface area (Å²) >= 11 is 5.72. The van der Waals surface area contributed by atoms with Crippen LogP contribution in [0.4, 0.5) is 0 Å². The second-order valence-corrected chi connectivity index (χ2v) is 4.22. The van der Waals surface area contributed by atoms with Gasteiger partial charge >= 0.3 is 0 Å². The lowest BCUT2D eigenvalue weighted by Crippen LogP contribution is -2.19. The van der Waals surface area contributed by atoms with Crippen LogP contribution < -0.4 is 0 Å². The first kappa shape index (κ1) is 11.0. The van der Waals surface area contributed by atoms with E-state index in [1.807, 2.05) is 0 Å². The third-order valence-electron chi connectivity index (χ3n) is 2.16. The average molecular weight is 210 g/mol. The van der Waals surface area contributed by atoms with Gasteiger partial charge in [-0.05, 0) is 31.5 Å². The van der Waals surface area contributed by atoms with Crippen LogP contribution in [-0.2, 0) is 0 Å². The molecule has 1 N–H and O–H groups in total. The number of benzene rings is 1. The molecule has 1 unspecified atom stereocenters. The lowest BCUT2D eigenvalue weighted by molar-refractivity contribution is 0.0868. The summed E-state index contributed by atoms with van der Waals surface area (Å²) in [5.41, 5.74) is -0.0747. The molecule has 1 atom stereocenters. The highest BCUT2D eigenvalue weighted by Gasteiger charge is 2.28. The second-order valence-electron chi connectivity index (χ2n) is 3.79. The fourth-order valence-corrected chi connectivity index (χ4v) is 1.25. The molecule has 0 aromatic heterocycles. The molecule has 14 heavy (non-hydrogen) atoms. The van der Waals surface area contributed by atoms with E-state index in [0.717, 1.165) is 0 Å². The van der Waals surface area contributed by atoms with Crippen molar-refractivity contribution in [1.82, 2.24) is 0 Å². The van der Waals surface area contributed by atoms with Gasteiger partial charge in [0.25, 0.3) is 0 Å². The van der Waals surface area contributed by atoms with Crippen molar-refractivity contribution >= 4 is 11.6 Å². The highest BCUT2D eigenvalue weighted by Crippen LogP contribution is 2.32. The summed E-state index contributed by atoms with van der Waals surface area (Å²) in [7, 11) is 0. The number of aliphatic hydroxyl groups is 1. The number of halogens is 1. The SMILES string of the molecule is CC(C)(C#N)C(O)c1ccc(Cl)cc1. The molecule has 3 heteroatoms. The fourth-order valence-electron chi connectivity index (χ4n) is 1.12. The Morgan fingerprint density at radius 1 is 1.36 bits per heavy atom. The van der Waals surface area contributed by atoms with Crippen molar-refractivity contribution in [2.75, 3.05) is 0 Å². The van der Waals surface area contributed by atoms with Gasteiger partial charge in [0.05, 0.1) is 17.6 Å². The van der Waals surface area contributed by atoms with Crippen molar-refractivity contribution in [2.45, 2.75) is 20.0 Å². The first-order valence-electron chi connectivity index (χ1n) is 4.32. The molecule has 0 bridgehead atoms. The number of nitrogens with zero attached hydrogens (tertiary/aromatic N) is 1. The fraction of sp³-hybridized carbons (Fsp3) is 0.364. The number of hydrogen-bond acceptors (Lipinski definition) is 2. The zero-order valence-corrected chi connectivity index (χ0v) is 8.92. The summed E-state index contributed by atoms with van der Waals surface area (Å²) in [4.78, 5) is 0. The first-order valence-corrected chi connectivity index (χ1v) is 4.70. The van der Waals surface area contributed by atoms with Gasteiger partial charge in [0.2, 0.25) is 0 Å². The normalized spacial score (nSPS) is 13.4. The minimum atomic E-state index is -0.787. The third kappa shape index (κ3) is 2.25. The van der Waals surface area contributed by atoms with E-state index < -0.39 is 11.5 Å². The van der Waals surface area contributed by atoms with E-state index in [4.69, 9.17) is 16.9 Å². The van der Waals surface area contributed by atoms with Gasteiger partial charge in [-0.3, -0.25) is 0 Å². The van der Waals surface area contributed by atoms with Crippen LogP contribution in [0.15, 0.2) is 24.3 Å². The lowest BCUT2D eigenvalue weighted by atomic mass is 9.84. The minimum Gasteiger partial charge on any atom is -0.387 e. The standard InChI is InChI=1S/C11H12ClNO/c1-11(2,7-13)10(14)8-3-5-9(12)6-4-8/h3-6,10,14H,1-2H3. The largest absolute Gasteiger partial charge is 0.387 e. The zero-order valence-electron chi connectivity index (χ0n) is 8.16. The van der Waals surface area contributed by atoms with Crippen molar-refractivity contribution in [3.05, 3.63) is 34.9 Å². The topological polar surface area (TPSA) is 44.0 Å². The minimum absolute atomic E-state index is 0.621. The van der Waals surface area contributed by atoms with Crippen molar-refractivity contribution in [3.8, 4) is 6.07 Å². The molecular formula is C11H12ClNO. The lowest BCUT2D eigenvalue weighted by Gasteiger charge is -2.23. The molecule has 1 rings (SSSR count). The smallest absolute Gasteiger partial charge is 0.0970 e. The van der Waals surface area contributed by atoms with E-state index in [1.54, 1.807) is 38.1 Å². The highest BCUT2D eigenvalue weighted by atomic mass is 35.5. The van der Waals surface area contributed by atoms with Gasteiger partial charge in [0, 0.05) is 5.02 Å². The Kier molecular flexibility index (Phi) is 3.15. The first-order chi connectivity index (χ1) is 6.47.